The molecule has 0 fully saturated rings. The van der Waals surface area contributed by atoms with Crippen LogP contribution in [0.25, 0.3) is 10.9 Å². The minimum absolute atomic E-state index is 0.0377. The zero-order valence-corrected chi connectivity index (χ0v) is 11.8. The highest BCUT2D eigenvalue weighted by atomic mass is 35.5. The maximum Gasteiger partial charge on any atom is 0.142 e. The van der Waals surface area contributed by atoms with Crippen molar-refractivity contribution in [1.82, 2.24) is 4.98 Å². The Balaban J connectivity index is 2.45. The number of aromatic nitrogens is 1. The van der Waals surface area contributed by atoms with E-state index in [1.165, 1.54) is 6.07 Å². The molecule has 0 bridgehead atoms. The first-order valence-corrected chi connectivity index (χ1v) is 7.23. The number of benzene rings is 1. The third-order valence-corrected chi connectivity index (χ3v) is 4.40. The van der Waals surface area contributed by atoms with Gasteiger partial charge in [0.15, 0.2) is 0 Å². The molecule has 0 saturated carbocycles. The second-order valence-electron chi connectivity index (χ2n) is 4.19. The molecule has 2 atom stereocenters. The van der Waals surface area contributed by atoms with Crippen LogP contribution in [0.5, 0.6) is 0 Å². The highest BCUT2D eigenvalue weighted by Crippen LogP contribution is 2.34. The number of thioether (sulfide) groups is 1. The number of halogens is 2. The molecule has 0 aliphatic carbocycles. The standard InChI is InChI=1S/C13H15ClFNOS/c1-3-18-13(7(2)17)12-5-8-4-10(15)9(14)6-11(8)16-12/h4-7,13,16-17H,3H2,1-2H3. The smallest absolute Gasteiger partial charge is 0.142 e. The van der Waals surface area contributed by atoms with Crippen molar-refractivity contribution in [3.8, 4) is 0 Å². The van der Waals surface area contributed by atoms with Crippen LogP contribution in [0, 0.1) is 5.82 Å². The summed E-state index contributed by atoms with van der Waals surface area (Å²) in [7, 11) is 0. The SMILES string of the molecule is CCSC(c1cc2cc(F)c(Cl)cc2[nH]1)C(C)O. The first kappa shape index (κ1) is 13.7. The number of aromatic amines is 1. The number of hydrogen-bond acceptors (Lipinski definition) is 2. The number of aliphatic hydroxyl groups is 1. The number of H-pyrrole nitrogens is 1. The maximum atomic E-state index is 13.4. The van der Waals surface area contributed by atoms with Crippen LogP contribution in [0.2, 0.25) is 5.02 Å². The summed E-state index contributed by atoms with van der Waals surface area (Å²) in [6.07, 6.45) is -0.469. The van der Waals surface area contributed by atoms with Crippen LogP contribution < -0.4 is 0 Å². The fourth-order valence-corrected chi connectivity index (χ4v) is 3.08. The minimum atomic E-state index is -0.469. The molecule has 0 radical (unpaired) electrons. The predicted molar refractivity (Wildman–Crippen MR) is 75.8 cm³/mol. The molecule has 2 N–H and O–H groups in total. The monoisotopic (exact) mass is 287 g/mol. The summed E-state index contributed by atoms with van der Waals surface area (Å²) in [6, 6.07) is 4.85. The first-order valence-electron chi connectivity index (χ1n) is 5.80. The van der Waals surface area contributed by atoms with E-state index in [2.05, 4.69) is 4.98 Å². The minimum Gasteiger partial charge on any atom is -0.392 e. The van der Waals surface area contributed by atoms with Gasteiger partial charge in [-0.2, -0.15) is 0 Å². The Hall–Kier alpha value is -0.710. The molecule has 2 aromatic rings. The lowest BCUT2D eigenvalue weighted by atomic mass is 10.2. The van der Waals surface area contributed by atoms with E-state index in [0.717, 1.165) is 22.3 Å². The van der Waals surface area contributed by atoms with Crippen molar-refractivity contribution in [1.29, 1.82) is 0 Å². The summed E-state index contributed by atoms with van der Waals surface area (Å²) >= 11 is 7.40. The fourth-order valence-electron chi connectivity index (χ4n) is 1.97. The molecular weight excluding hydrogens is 273 g/mol. The molecule has 0 saturated heterocycles. The number of hydrogen-bond donors (Lipinski definition) is 2. The summed E-state index contributed by atoms with van der Waals surface area (Å²) in [5.41, 5.74) is 1.69. The Morgan fingerprint density at radius 2 is 2.17 bits per heavy atom. The second kappa shape index (κ2) is 5.51. The average Bonchev–Trinajstić information content (AvgIpc) is 2.68. The lowest BCUT2D eigenvalue weighted by Gasteiger charge is -2.17. The van der Waals surface area contributed by atoms with Crippen molar-refractivity contribution in [2.45, 2.75) is 25.2 Å². The maximum absolute atomic E-state index is 13.4. The summed E-state index contributed by atoms with van der Waals surface area (Å²) in [6.45, 7) is 3.80. The molecule has 18 heavy (non-hydrogen) atoms. The predicted octanol–water partition coefficient (Wildman–Crippen LogP) is 4.14. The molecule has 0 spiro atoms. The molecule has 2 rings (SSSR count). The summed E-state index contributed by atoms with van der Waals surface area (Å²) in [5, 5.41) is 10.6. The Morgan fingerprint density at radius 3 is 2.78 bits per heavy atom. The van der Waals surface area contributed by atoms with E-state index in [-0.39, 0.29) is 10.3 Å². The van der Waals surface area contributed by atoms with Gasteiger partial charge in [0.2, 0.25) is 0 Å². The van der Waals surface area contributed by atoms with Gasteiger partial charge in [-0.15, -0.1) is 11.8 Å². The molecule has 2 nitrogen and oxygen atoms in total. The molecule has 1 aromatic heterocycles. The molecule has 98 valence electrons. The van der Waals surface area contributed by atoms with Crippen LogP contribution in [-0.4, -0.2) is 21.9 Å². The van der Waals surface area contributed by atoms with Crippen LogP contribution in [-0.2, 0) is 0 Å². The topological polar surface area (TPSA) is 36.0 Å². The summed E-state index contributed by atoms with van der Waals surface area (Å²) in [5.74, 6) is 0.478. The van der Waals surface area contributed by atoms with Crippen molar-refractivity contribution in [3.05, 3.63) is 34.7 Å². The van der Waals surface area contributed by atoms with Crippen molar-refractivity contribution in [2.75, 3.05) is 5.75 Å². The third kappa shape index (κ3) is 2.66. The highest BCUT2D eigenvalue weighted by Gasteiger charge is 2.19. The van der Waals surface area contributed by atoms with E-state index < -0.39 is 11.9 Å². The molecule has 0 aliphatic heterocycles. The van der Waals surface area contributed by atoms with Gasteiger partial charge in [-0.1, -0.05) is 18.5 Å². The van der Waals surface area contributed by atoms with Gasteiger partial charge < -0.3 is 10.1 Å². The Bertz CT molecular complexity index is 516. The van der Waals surface area contributed by atoms with E-state index in [0.29, 0.717) is 0 Å². The molecule has 1 aromatic carbocycles. The van der Waals surface area contributed by atoms with E-state index in [1.54, 1.807) is 24.8 Å². The lowest BCUT2D eigenvalue weighted by Crippen LogP contribution is -2.11. The van der Waals surface area contributed by atoms with Gasteiger partial charge in [0.25, 0.3) is 0 Å². The van der Waals surface area contributed by atoms with Crippen LogP contribution in [0.1, 0.15) is 24.8 Å². The summed E-state index contributed by atoms with van der Waals surface area (Å²) in [4.78, 5) is 3.20. The highest BCUT2D eigenvalue weighted by molar-refractivity contribution is 7.99. The Morgan fingerprint density at radius 1 is 1.44 bits per heavy atom. The van der Waals surface area contributed by atoms with Crippen molar-refractivity contribution in [2.24, 2.45) is 0 Å². The zero-order chi connectivity index (χ0) is 13.3. The number of aliphatic hydroxyl groups excluding tert-OH is 1. The van der Waals surface area contributed by atoms with E-state index >= 15 is 0 Å². The molecule has 0 amide bonds. The van der Waals surface area contributed by atoms with Crippen LogP contribution in [0.3, 0.4) is 0 Å². The van der Waals surface area contributed by atoms with Crippen molar-refractivity contribution in [3.63, 3.8) is 0 Å². The Kier molecular flexibility index (Phi) is 4.20. The molecule has 2 unspecified atom stereocenters. The Labute approximate surface area is 115 Å². The number of rotatable bonds is 4. The second-order valence-corrected chi connectivity index (χ2v) is 6.02. The van der Waals surface area contributed by atoms with Gasteiger partial charge in [0.05, 0.1) is 16.4 Å². The van der Waals surface area contributed by atoms with Gasteiger partial charge >= 0.3 is 0 Å². The molecule has 1 heterocycles. The van der Waals surface area contributed by atoms with Gasteiger partial charge in [-0.25, -0.2) is 4.39 Å². The lowest BCUT2D eigenvalue weighted by molar-refractivity contribution is 0.191. The molecular formula is C13H15ClFNOS. The number of nitrogens with one attached hydrogen (secondary N) is 1. The van der Waals surface area contributed by atoms with Gasteiger partial charge in [0, 0.05) is 16.6 Å². The number of fused-ring (bicyclic) bond motifs is 1. The van der Waals surface area contributed by atoms with Crippen molar-refractivity contribution >= 4 is 34.3 Å². The normalized spacial score (nSPS) is 14.9. The molecule has 5 heteroatoms. The van der Waals surface area contributed by atoms with Gasteiger partial charge in [-0.3, -0.25) is 0 Å². The van der Waals surface area contributed by atoms with Gasteiger partial charge in [0.1, 0.15) is 5.82 Å². The molecule has 0 aliphatic rings. The fraction of sp³-hybridized carbons (Fsp3) is 0.385. The third-order valence-electron chi connectivity index (χ3n) is 2.77. The van der Waals surface area contributed by atoms with Gasteiger partial charge in [-0.05, 0) is 30.9 Å². The van der Waals surface area contributed by atoms with E-state index in [4.69, 9.17) is 11.6 Å². The van der Waals surface area contributed by atoms with Crippen LogP contribution in [0.15, 0.2) is 18.2 Å². The quantitative estimate of drug-likeness (QED) is 0.887. The summed E-state index contributed by atoms with van der Waals surface area (Å²) < 4.78 is 13.4. The largest absolute Gasteiger partial charge is 0.392 e. The van der Waals surface area contributed by atoms with E-state index in [9.17, 15) is 9.50 Å². The average molecular weight is 288 g/mol. The first-order chi connectivity index (χ1) is 8.52. The van der Waals surface area contributed by atoms with E-state index in [1.807, 2.05) is 13.0 Å². The van der Waals surface area contributed by atoms with Crippen LogP contribution >= 0.6 is 23.4 Å². The zero-order valence-electron chi connectivity index (χ0n) is 10.2. The van der Waals surface area contributed by atoms with Crippen molar-refractivity contribution < 1.29 is 9.50 Å². The van der Waals surface area contributed by atoms with Crippen LogP contribution in [0.4, 0.5) is 4.39 Å².